The van der Waals surface area contributed by atoms with Crippen LogP contribution in [0.4, 0.5) is 0 Å². The summed E-state index contributed by atoms with van der Waals surface area (Å²) in [4.78, 5) is 14.4. The third-order valence-corrected chi connectivity index (χ3v) is 3.45. The number of nitrogens with one attached hydrogen (secondary N) is 1. The van der Waals surface area contributed by atoms with Gasteiger partial charge >= 0.3 is 0 Å². The second-order valence-corrected chi connectivity index (χ2v) is 5.79. The lowest BCUT2D eigenvalue weighted by Crippen LogP contribution is -2.32. The maximum atomic E-state index is 12.2. The van der Waals surface area contributed by atoms with Crippen LogP contribution in [-0.2, 0) is 4.79 Å². The molecule has 0 unspecified atom stereocenters. The summed E-state index contributed by atoms with van der Waals surface area (Å²) in [6.45, 7) is 23.9. The number of carbonyl (C=O) groups excluding carboxylic acids is 1. The first kappa shape index (κ1) is 23.4. The number of amides is 1. The van der Waals surface area contributed by atoms with Crippen LogP contribution in [0.5, 0.6) is 0 Å². The van der Waals surface area contributed by atoms with Gasteiger partial charge < -0.3 is 5.32 Å². The molecule has 140 valence electrons. The predicted molar refractivity (Wildman–Crippen MR) is 115 cm³/mol. The zero-order chi connectivity index (χ0) is 19.8. The van der Waals surface area contributed by atoms with Crippen molar-refractivity contribution in [2.45, 2.75) is 13.3 Å². The Hall–Kier alpha value is -2.65. The van der Waals surface area contributed by atoms with Crippen molar-refractivity contribution in [2.24, 2.45) is 0 Å². The molecule has 0 radical (unpaired) electrons. The summed E-state index contributed by atoms with van der Waals surface area (Å²) in [6, 6.07) is 0. The summed E-state index contributed by atoms with van der Waals surface area (Å²) in [7, 11) is 0. The molecular formula is C23H32N2O. The molecule has 0 spiro atoms. The van der Waals surface area contributed by atoms with Gasteiger partial charge in [-0.3, -0.25) is 9.69 Å². The van der Waals surface area contributed by atoms with E-state index in [4.69, 9.17) is 0 Å². The van der Waals surface area contributed by atoms with E-state index < -0.39 is 0 Å². The fourth-order valence-electron chi connectivity index (χ4n) is 2.25. The molecule has 0 fully saturated rings. The Morgan fingerprint density at radius 3 is 2.31 bits per heavy atom. The summed E-state index contributed by atoms with van der Waals surface area (Å²) in [5.41, 5.74) is 2.56. The Kier molecular flexibility index (Phi) is 13.2. The van der Waals surface area contributed by atoms with E-state index in [9.17, 15) is 4.79 Å². The van der Waals surface area contributed by atoms with Gasteiger partial charge in [0.15, 0.2) is 0 Å². The number of hydrogen-bond acceptors (Lipinski definition) is 2. The number of hydrogen-bond donors (Lipinski definition) is 1. The first-order chi connectivity index (χ1) is 12.5. The van der Waals surface area contributed by atoms with Crippen molar-refractivity contribution in [1.82, 2.24) is 10.2 Å². The minimum absolute atomic E-state index is 0.122. The summed E-state index contributed by atoms with van der Waals surface area (Å²) in [5.74, 6) is -0.122. The third-order valence-electron chi connectivity index (χ3n) is 3.45. The van der Waals surface area contributed by atoms with E-state index >= 15 is 0 Å². The van der Waals surface area contributed by atoms with E-state index in [1.807, 2.05) is 19.1 Å². The molecule has 0 bridgehead atoms. The highest BCUT2D eigenvalue weighted by Gasteiger charge is 2.08. The van der Waals surface area contributed by atoms with Crippen LogP contribution >= 0.6 is 0 Å². The van der Waals surface area contributed by atoms with Crippen LogP contribution in [0.3, 0.4) is 0 Å². The number of allylic oxidation sites excluding steroid dienone is 5. The van der Waals surface area contributed by atoms with E-state index in [2.05, 4.69) is 43.1 Å². The molecule has 3 heteroatoms. The minimum atomic E-state index is -0.122. The molecule has 0 aromatic heterocycles. The Bertz CT molecular complexity index is 606. The molecule has 0 aromatic carbocycles. The van der Waals surface area contributed by atoms with Crippen LogP contribution in [0, 0.1) is 0 Å². The molecular weight excluding hydrogens is 320 g/mol. The Morgan fingerprint density at radius 1 is 1.04 bits per heavy atom. The van der Waals surface area contributed by atoms with E-state index in [-0.39, 0.29) is 5.91 Å². The fourth-order valence-corrected chi connectivity index (χ4v) is 2.25. The summed E-state index contributed by atoms with van der Waals surface area (Å²) >= 11 is 0. The van der Waals surface area contributed by atoms with E-state index in [0.717, 1.165) is 37.2 Å². The molecule has 0 atom stereocenters. The topological polar surface area (TPSA) is 32.3 Å². The van der Waals surface area contributed by atoms with Gasteiger partial charge in [0.05, 0.1) is 0 Å². The maximum Gasteiger partial charge on any atom is 0.251 e. The predicted octanol–water partition coefficient (Wildman–Crippen LogP) is 4.52. The van der Waals surface area contributed by atoms with E-state index in [0.29, 0.717) is 12.1 Å². The molecule has 0 aromatic rings. The van der Waals surface area contributed by atoms with Gasteiger partial charge in [-0.2, -0.15) is 0 Å². The van der Waals surface area contributed by atoms with Crippen molar-refractivity contribution in [3.05, 3.63) is 98.2 Å². The molecule has 26 heavy (non-hydrogen) atoms. The van der Waals surface area contributed by atoms with Gasteiger partial charge in [-0.25, -0.2) is 0 Å². The van der Waals surface area contributed by atoms with Crippen LogP contribution in [0.1, 0.15) is 13.3 Å². The Labute approximate surface area is 159 Å². The summed E-state index contributed by atoms with van der Waals surface area (Å²) < 4.78 is 0. The maximum absolute atomic E-state index is 12.2. The lowest BCUT2D eigenvalue weighted by molar-refractivity contribution is -0.117. The van der Waals surface area contributed by atoms with E-state index in [1.54, 1.807) is 36.5 Å². The van der Waals surface area contributed by atoms with Gasteiger partial charge in [-0.1, -0.05) is 75.4 Å². The SMILES string of the molecule is C=C/C=C\C(=C/C=C)C(=O)NCCCN(CC(=C)C=C)CC(=C)/C=C\C. The van der Waals surface area contributed by atoms with Crippen molar-refractivity contribution >= 4 is 5.91 Å². The monoisotopic (exact) mass is 352 g/mol. The molecule has 0 rings (SSSR count). The molecule has 0 aliphatic rings. The highest BCUT2D eigenvalue weighted by Crippen LogP contribution is 2.05. The number of nitrogens with zero attached hydrogens (tertiary/aromatic N) is 1. The molecule has 0 aliphatic carbocycles. The van der Waals surface area contributed by atoms with Crippen molar-refractivity contribution in [2.75, 3.05) is 26.2 Å². The first-order valence-corrected chi connectivity index (χ1v) is 8.71. The molecule has 0 aliphatic heterocycles. The lowest BCUT2D eigenvalue weighted by atomic mass is 10.2. The molecule has 0 heterocycles. The third kappa shape index (κ3) is 11.0. The quantitative estimate of drug-likeness (QED) is 0.283. The van der Waals surface area contributed by atoms with Crippen molar-refractivity contribution in [3.8, 4) is 0 Å². The summed E-state index contributed by atoms with van der Waals surface area (Å²) in [5, 5.41) is 2.93. The van der Waals surface area contributed by atoms with Crippen molar-refractivity contribution in [3.63, 3.8) is 0 Å². The fraction of sp³-hybridized carbons (Fsp3) is 0.261. The van der Waals surface area contributed by atoms with Crippen LogP contribution in [-0.4, -0.2) is 37.0 Å². The van der Waals surface area contributed by atoms with Gasteiger partial charge in [0.1, 0.15) is 0 Å². The molecule has 0 saturated carbocycles. The van der Waals surface area contributed by atoms with Crippen molar-refractivity contribution < 1.29 is 4.79 Å². The normalized spacial score (nSPS) is 11.7. The minimum Gasteiger partial charge on any atom is -0.352 e. The van der Waals surface area contributed by atoms with Crippen LogP contribution < -0.4 is 5.32 Å². The molecule has 1 N–H and O–H groups in total. The van der Waals surface area contributed by atoms with Gasteiger partial charge in [-0.05, 0) is 30.6 Å². The number of carbonyl (C=O) groups is 1. The average Bonchev–Trinajstić information content (AvgIpc) is 2.61. The molecule has 3 nitrogen and oxygen atoms in total. The van der Waals surface area contributed by atoms with Crippen LogP contribution in [0.25, 0.3) is 0 Å². The van der Waals surface area contributed by atoms with Crippen molar-refractivity contribution in [1.29, 1.82) is 0 Å². The highest BCUT2D eigenvalue weighted by molar-refractivity contribution is 5.96. The summed E-state index contributed by atoms with van der Waals surface area (Å²) in [6.07, 6.45) is 14.9. The largest absolute Gasteiger partial charge is 0.352 e. The Morgan fingerprint density at radius 2 is 1.73 bits per heavy atom. The zero-order valence-electron chi connectivity index (χ0n) is 16.0. The highest BCUT2D eigenvalue weighted by atomic mass is 16.1. The smallest absolute Gasteiger partial charge is 0.251 e. The second-order valence-electron chi connectivity index (χ2n) is 5.79. The average molecular weight is 353 g/mol. The first-order valence-electron chi connectivity index (χ1n) is 8.71. The Balaban J connectivity index is 4.59. The van der Waals surface area contributed by atoms with Crippen LogP contribution in [0.2, 0.25) is 0 Å². The molecule has 1 amide bonds. The van der Waals surface area contributed by atoms with Gasteiger partial charge in [-0.15, -0.1) is 0 Å². The van der Waals surface area contributed by atoms with Gasteiger partial charge in [0, 0.05) is 31.8 Å². The molecule has 0 saturated heterocycles. The number of rotatable bonds is 14. The second kappa shape index (κ2) is 14.7. The van der Waals surface area contributed by atoms with Gasteiger partial charge in [0.2, 0.25) is 0 Å². The van der Waals surface area contributed by atoms with Crippen LogP contribution in [0.15, 0.2) is 98.2 Å². The van der Waals surface area contributed by atoms with E-state index in [1.165, 1.54) is 0 Å². The standard InChI is InChI=1S/C23H32N2O/c1-7-11-15-22(14-9-3)23(26)24-16-12-17-25(18-20(5)10-4)19-21(6)13-8-2/h7-11,13-15H,1,3-6,12,16-19H2,2H3,(H,24,26)/b13-8-,15-11-,22-14+. The van der Waals surface area contributed by atoms with Gasteiger partial charge in [0.25, 0.3) is 5.91 Å². The zero-order valence-corrected chi connectivity index (χ0v) is 16.0. The lowest BCUT2D eigenvalue weighted by Gasteiger charge is -2.23.